The second-order valence-electron chi connectivity index (χ2n) is 22.9. The highest BCUT2D eigenvalue weighted by Gasteiger charge is 2.43. The molecule has 14 nitrogen and oxygen atoms in total. The number of carbonyl (C=O) groups excluding carboxylic acids is 3. The molecule has 0 aromatic heterocycles. The second-order valence-corrected chi connectivity index (χ2v) is 32.5. The van der Waals surface area contributed by atoms with Crippen molar-refractivity contribution in [2.24, 2.45) is 0 Å². The van der Waals surface area contributed by atoms with Gasteiger partial charge in [0.1, 0.15) is 0 Å². The molecule has 2 N–H and O–H groups in total. The van der Waals surface area contributed by atoms with Crippen LogP contribution in [-0.2, 0) is 13.6 Å². The van der Waals surface area contributed by atoms with Crippen molar-refractivity contribution in [3.8, 4) is 34.1 Å². The molecule has 2 fully saturated rings. The second kappa shape index (κ2) is 22.0. The molecule has 0 bridgehead atoms. The summed E-state index contributed by atoms with van der Waals surface area (Å²) in [4.78, 5) is 48.5. The van der Waals surface area contributed by atoms with E-state index < -0.39 is 28.8 Å². The van der Waals surface area contributed by atoms with Crippen molar-refractivity contribution < 1.29 is 46.9 Å². The van der Waals surface area contributed by atoms with Crippen LogP contribution in [0.25, 0.3) is 11.1 Å². The first-order valence-corrected chi connectivity index (χ1v) is 31.4. The summed E-state index contributed by atoms with van der Waals surface area (Å²) in [6.45, 7) is 32.3. The van der Waals surface area contributed by atoms with E-state index in [0.717, 1.165) is 33.4 Å². The number of hydrogen-bond acceptors (Lipinski definition) is 11. The molecule has 1 aliphatic carbocycles. The van der Waals surface area contributed by atoms with Crippen LogP contribution in [0.15, 0.2) is 97.1 Å². The average molecular weight is 1050 g/mol. The fourth-order valence-electron chi connectivity index (χ4n) is 9.12. The van der Waals surface area contributed by atoms with E-state index in [-0.39, 0.29) is 64.1 Å². The number of nitrogen functional groups attached to an aromatic ring is 1. The summed E-state index contributed by atoms with van der Waals surface area (Å²) in [6, 6.07) is 21.9. The first-order valence-electron chi connectivity index (χ1n) is 25.6. The minimum absolute atomic E-state index is 0.0205. The normalized spacial score (nSPS) is 17.0. The molecule has 0 unspecified atom stereocenters. The van der Waals surface area contributed by atoms with Crippen LogP contribution in [0.5, 0.6) is 23.0 Å². The largest absolute Gasteiger partial charge is 0.493 e. The molecular weight excluding hydrogens is 969 g/mol. The van der Waals surface area contributed by atoms with Crippen LogP contribution < -0.4 is 29.6 Å². The minimum Gasteiger partial charge on any atom is -0.493 e. The summed E-state index contributed by atoms with van der Waals surface area (Å²) >= 11 is 0. The molecule has 3 aliphatic rings. The van der Waals surface area contributed by atoms with Crippen molar-refractivity contribution in [3.05, 3.63) is 119 Å². The number of nitrogens with zero attached hydrogens (tertiary/aromatic N) is 3. The standard InChI is InChI=1S/C58H78N4O10Si2/c1-37-27-39(35-70-73(12,13)57(3,4)5)61(33-37)54(63)45-29-49(66-10)51(31-47(45)59)68-25-20-26-69-52-32-48(60(9)56(65)72-53-43-23-18-16-21-41(43)42-22-17-19-24-44(42)53)46(30-50(52)67-11)55(64)62-34-38(2)28-40(62)36-71-74(14,15)58(6,7)8/h16-19,21-24,29-32,39-40,53H,1-2,20,25-28,33-36,59H2,3-15H3/t39-,40-/m0/s1. The van der Waals surface area contributed by atoms with Gasteiger partial charge < -0.3 is 48.1 Å². The van der Waals surface area contributed by atoms with Gasteiger partial charge in [-0.1, -0.05) is 114 Å². The van der Waals surface area contributed by atoms with Crippen LogP contribution in [0.4, 0.5) is 16.2 Å². The van der Waals surface area contributed by atoms with Gasteiger partial charge in [0.05, 0.1) is 69.5 Å². The summed E-state index contributed by atoms with van der Waals surface area (Å²) in [5, 5.41) is 0.0101. The third kappa shape index (κ3) is 11.7. The van der Waals surface area contributed by atoms with E-state index in [1.165, 1.54) is 19.1 Å². The number of likely N-dealkylation sites (tertiary alicyclic amines) is 2. The fraction of sp³-hybridized carbons (Fsp3) is 0.466. The summed E-state index contributed by atoms with van der Waals surface area (Å²) in [6.07, 6.45) is 0.335. The van der Waals surface area contributed by atoms with Crippen molar-refractivity contribution in [1.29, 1.82) is 0 Å². The highest BCUT2D eigenvalue weighted by Crippen LogP contribution is 2.47. The van der Waals surface area contributed by atoms with Gasteiger partial charge in [-0.3, -0.25) is 14.5 Å². The highest BCUT2D eigenvalue weighted by molar-refractivity contribution is 6.74. The number of hydrogen-bond donors (Lipinski definition) is 1. The first-order chi connectivity index (χ1) is 34.8. The molecule has 0 spiro atoms. The Morgan fingerprint density at radius 2 is 1.09 bits per heavy atom. The molecule has 398 valence electrons. The number of anilines is 2. The van der Waals surface area contributed by atoms with Gasteiger partial charge in [-0.25, -0.2) is 4.79 Å². The van der Waals surface area contributed by atoms with Gasteiger partial charge in [-0.2, -0.15) is 0 Å². The van der Waals surface area contributed by atoms with Crippen LogP contribution in [0.3, 0.4) is 0 Å². The maximum atomic E-state index is 15.0. The van der Waals surface area contributed by atoms with E-state index in [2.05, 4.69) is 80.9 Å². The predicted octanol–water partition coefficient (Wildman–Crippen LogP) is 12.1. The Balaban J connectivity index is 1.09. The number of methoxy groups -OCH3 is 2. The predicted molar refractivity (Wildman–Crippen MR) is 298 cm³/mol. The van der Waals surface area contributed by atoms with E-state index in [4.69, 9.17) is 38.3 Å². The van der Waals surface area contributed by atoms with Gasteiger partial charge in [-0.05, 0) is 72.4 Å². The van der Waals surface area contributed by atoms with Crippen molar-refractivity contribution >= 4 is 45.9 Å². The van der Waals surface area contributed by atoms with E-state index >= 15 is 0 Å². The Morgan fingerprint density at radius 1 is 0.662 bits per heavy atom. The number of fused-ring (bicyclic) bond motifs is 3. The van der Waals surface area contributed by atoms with Crippen LogP contribution in [-0.4, -0.2) is 117 Å². The molecule has 4 aromatic carbocycles. The number of benzene rings is 4. The fourth-order valence-corrected chi connectivity index (χ4v) is 11.2. The van der Waals surface area contributed by atoms with Crippen LogP contribution in [0.1, 0.15) is 98.8 Å². The van der Waals surface area contributed by atoms with Crippen molar-refractivity contribution in [3.63, 3.8) is 0 Å². The quantitative estimate of drug-likeness (QED) is 0.0439. The molecular formula is C58H78N4O10Si2. The van der Waals surface area contributed by atoms with Crippen molar-refractivity contribution in [1.82, 2.24) is 9.80 Å². The number of ether oxygens (including phenoxy) is 5. The van der Waals surface area contributed by atoms with Gasteiger partial charge in [0.25, 0.3) is 11.8 Å². The smallest absolute Gasteiger partial charge is 0.414 e. The molecule has 2 aliphatic heterocycles. The number of rotatable bonds is 18. The highest BCUT2D eigenvalue weighted by atomic mass is 28.4. The lowest BCUT2D eigenvalue weighted by atomic mass is 10.1. The third-order valence-electron chi connectivity index (χ3n) is 15.6. The third-order valence-corrected chi connectivity index (χ3v) is 24.6. The van der Waals surface area contributed by atoms with Gasteiger partial charge in [0.2, 0.25) is 0 Å². The Hall–Kier alpha value is -6.08. The molecule has 2 heterocycles. The Morgan fingerprint density at radius 3 is 1.55 bits per heavy atom. The first kappa shape index (κ1) is 55.7. The summed E-state index contributed by atoms with van der Waals surface area (Å²) in [7, 11) is 0.401. The monoisotopic (exact) mass is 1050 g/mol. The molecule has 7 rings (SSSR count). The van der Waals surface area contributed by atoms with Gasteiger partial charge in [-0.15, -0.1) is 0 Å². The zero-order valence-corrected chi connectivity index (χ0v) is 47.9. The summed E-state index contributed by atoms with van der Waals surface area (Å²) < 4.78 is 43.7. The molecule has 3 amide bonds. The SMILES string of the molecule is C=C1C[C@@H](CO[Si](C)(C)C(C)(C)C)N(C(=O)c2cc(OC)c(OCCCOc3cc(N(C)C(=O)OC4c5ccccc5-c5ccccc54)c(C(=O)N4CC(=C)C[C@H]4CO[Si](C)(C)C(C)(C)C)cc3OC)cc2N)C1. The van der Waals surface area contributed by atoms with Crippen LogP contribution in [0.2, 0.25) is 36.3 Å². The van der Waals surface area contributed by atoms with E-state index in [9.17, 15) is 14.4 Å². The molecule has 74 heavy (non-hydrogen) atoms. The Labute approximate surface area is 441 Å². The lowest BCUT2D eigenvalue weighted by Crippen LogP contribution is -2.46. The van der Waals surface area contributed by atoms with Gasteiger partial charge in [0.15, 0.2) is 45.7 Å². The molecule has 4 aromatic rings. The molecule has 2 atom stereocenters. The van der Waals surface area contributed by atoms with Crippen LogP contribution in [0, 0.1) is 0 Å². The van der Waals surface area contributed by atoms with E-state index in [0.29, 0.717) is 74.1 Å². The molecule has 0 radical (unpaired) electrons. The number of amides is 3. The molecule has 2 saturated heterocycles. The Bertz CT molecular complexity index is 2740. The van der Waals surface area contributed by atoms with Gasteiger partial charge >= 0.3 is 6.09 Å². The van der Waals surface area contributed by atoms with Gasteiger partial charge in [0, 0.05) is 55.5 Å². The van der Waals surface area contributed by atoms with E-state index in [1.54, 1.807) is 41.1 Å². The summed E-state index contributed by atoms with van der Waals surface area (Å²) in [5.74, 6) is 0.810. The number of carbonyl (C=O) groups is 3. The lowest BCUT2D eigenvalue weighted by Gasteiger charge is -2.38. The lowest BCUT2D eigenvalue weighted by molar-refractivity contribution is 0.0679. The Kier molecular flexibility index (Phi) is 16.6. The minimum atomic E-state index is -2.16. The topological polar surface area (TPSA) is 152 Å². The maximum absolute atomic E-state index is 15.0. The zero-order valence-electron chi connectivity index (χ0n) is 45.9. The average Bonchev–Trinajstić information content (AvgIpc) is 4.02. The summed E-state index contributed by atoms with van der Waals surface area (Å²) in [5.41, 5.74) is 13.3. The van der Waals surface area contributed by atoms with Crippen LogP contribution >= 0.6 is 0 Å². The molecule has 16 heteroatoms. The van der Waals surface area contributed by atoms with Crippen molar-refractivity contribution in [2.75, 3.05) is 71.4 Å². The molecule has 0 saturated carbocycles. The number of nitrogens with two attached hydrogens (primary N) is 1. The van der Waals surface area contributed by atoms with E-state index in [1.807, 2.05) is 48.5 Å². The van der Waals surface area contributed by atoms with Crippen molar-refractivity contribution in [2.45, 2.75) is 115 Å². The zero-order chi connectivity index (χ0) is 54.1. The maximum Gasteiger partial charge on any atom is 0.414 e.